The smallest absolute Gasteiger partial charge is 0.391 e. The van der Waals surface area contributed by atoms with Gasteiger partial charge in [0.05, 0.1) is 16.5 Å². The van der Waals surface area contributed by atoms with Crippen molar-refractivity contribution in [1.82, 2.24) is 14.9 Å². The molecular weight excluding hydrogens is 411 g/mol. The van der Waals surface area contributed by atoms with Crippen molar-refractivity contribution in [1.29, 1.82) is 5.26 Å². The molecule has 10 heteroatoms. The van der Waals surface area contributed by atoms with E-state index in [0.29, 0.717) is 11.1 Å². The molecule has 156 valence electrons. The van der Waals surface area contributed by atoms with Crippen LogP contribution in [0.5, 0.6) is 0 Å². The van der Waals surface area contributed by atoms with Crippen molar-refractivity contribution in [3.63, 3.8) is 0 Å². The van der Waals surface area contributed by atoms with Gasteiger partial charge in [0, 0.05) is 5.92 Å². The molecule has 8 nitrogen and oxygen atoms in total. The second kappa shape index (κ2) is 8.22. The van der Waals surface area contributed by atoms with Crippen LogP contribution in [-0.2, 0) is 10.0 Å². The summed E-state index contributed by atoms with van der Waals surface area (Å²) in [7, 11) is -4.11. The van der Waals surface area contributed by atoms with E-state index in [9.17, 15) is 17.6 Å². The molecule has 3 rings (SSSR count). The summed E-state index contributed by atoms with van der Waals surface area (Å²) in [5.41, 5.74) is 2.07. The fourth-order valence-electron chi connectivity index (χ4n) is 3.21. The van der Waals surface area contributed by atoms with Crippen molar-refractivity contribution in [2.45, 2.75) is 37.6 Å². The number of halogens is 1. The number of H-pyrrole nitrogens is 1. The van der Waals surface area contributed by atoms with Crippen molar-refractivity contribution in [2.24, 2.45) is 0 Å². The van der Waals surface area contributed by atoms with Crippen LogP contribution in [0.3, 0.4) is 0 Å². The van der Waals surface area contributed by atoms with Crippen LogP contribution in [0.1, 0.15) is 47.0 Å². The Morgan fingerprint density at radius 1 is 1.20 bits per heavy atom. The molecule has 0 aliphatic heterocycles. The number of benzene rings is 2. The van der Waals surface area contributed by atoms with Gasteiger partial charge in [0.1, 0.15) is 11.9 Å². The quantitative estimate of drug-likeness (QED) is 0.619. The van der Waals surface area contributed by atoms with E-state index < -0.39 is 33.6 Å². The Labute approximate surface area is 172 Å². The first kappa shape index (κ1) is 21.4. The maximum atomic E-state index is 14.7. The van der Waals surface area contributed by atoms with Crippen molar-refractivity contribution in [3.05, 3.63) is 80.9 Å². The molecule has 0 radical (unpaired) electrons. The van der Waals surface area contributed by atoms with E-state index in [4.69, 9.17) is 9.68 Å². The van der Waals surface area contributed by atoms with Crippen LogP contribution in [0.2, 0.25) is 0 Å². The highest BCUT2D eigenvalue weighted by molar-refractivity contribution is 7.89. The molecule has 0 fully saturated rings. The average molecular weight is 430 g/mol. The lowest BCUT2D eigenvalue weighted by molar-refractivity contribution is 0.377. The lowest BCUT2D eigenvalue weighted by atomic mass is 9.88. The van der Waals surface area contributed by atoms with E-state index in [-0.39, 0.29) is 16.3 Å². The zero-order valence-electron chi connectivity index (χ0n) is 16.4. The van der Waals surface area contributed by atoms with Gasteiger partial charge >= 0.3 is 5.76 Å². The van der Waals surface area contributed by atoms with E-state index in [2.05, 4.69) is 14.9 Å². The Morgan fingerprint density at radius 2 is 1.87 bits per heavy atom. The number of nitrogens with one attached hydrogen (secondary N) is 2. The van der Waals surface area contributed by atoms with Gasteiger partial charge < -0.3 is 4.42 Å². The van der Waals surface area contributed by atoms with Gasteiger partial charge in [-0.05, 0) is 60.9 Å². The normalized spacial score (nSPS) is 13.6. The minimum absolute atomic E-state index is 0.0991. The average Bonchev–Trinajstić information content (AvgIpc) is 3.15. The summed E-state index contributed by atoms with van der Waals surface area (Å²) in [5.74, 6) is -2.35. The number of nitrogens with zero attached hydrogens (tertiary/aromatic N) is 2. The number of sulfonamides is 1. The second-order valence-electron chi connectivity index (χ2n) is 6.88. The van der Waals surface area contributed by atoms with E-state index in [1.54, 1.807) is 19.9 Å². The number of hydrogen-bond acceptors (Lipinski definition) is 6. The number of aryl methyl sites for hydroxylation is 1. The van der Waals surface area contributed by atoms with Gasteiger partial charge in [0.2, 0.25) is 15.9 Å². The Morgan fingerprint density at radius 3 is 2.43 bits per heavy atom. The summed E-state index contributed by atoms with van der Waals surface area (Å²) in [4.78, 5) is 11.4. The molecule has 30 heavy (non-hydrogen) atoms. The van der Waals surface area contributed by atoms with Crippen LogP contribution < -0.4 is 10.5 Å². The molecule has 2 N–H and O–H groups in total. The van der Waals surface area contributed by atoms with Gasteiger partial charge in [-0.1, -0.05) is 13.0 Å². The van der Waals surface area contributed by atoms with Crippen molar-refractivity contribution >= 4 is 10.0 Å². The van der Waals surface area contributed by atoms with Gasteiger partial charge in [-0.2, -0.15) is 9.98 Å². The maximum Gasteiger partial charge on any atom is 0.434 e. The van der Waals surface area contributed by atoms with Gasteiger partial charge in [-0.15, -0.1) is 5.10 Å². The molecule has 0 spiro atoms. The summed E-state index contributed by atoms with van der Waals surface area (Å²) in [6, 6.07) is 8.98. The zero-order valence-corrected chi connectivity index (χ0v) is 17.2. The third-order valence-corrected chi connectivity index (χ3v) is 6.44. The van der Waals surface area contributed by atoms with Crippen LogP contribution >= 0.6 is 0 Å². The predicted molar refractivity (Wildman–Crippen MR) is 106 cm³/mol. The summed E-state index contributed by atoms with van der Waals surface area (Å²) >= 11 is 0. The SMILES string of the molecule is Cc1ccc(F)c([C@@H](C)[C@H](NS(=O)(=O)c2ccc(C#N)cc2)c2n[nH]c(=O)o2)c1C. The fraction of sp³-hybridized carbons (Fsp3) is 0.250. The first-order valence-electron chi connectivity index (χ1n) is 8.97. The highest BCUT2D eigenvalue weighted by Gasteiger charge is 2.33. The van der Waals surface area contributed by atoms with Crippen molar-refractivity contribution in [3.8, 4) is 6.07 Å². The molecule has 0 unspecified atom stereocenters. The number of rotatable bonds is 6. The zero-order chi connectivity index (χ0) is 22.1. The minimum Gasteiger partial charge on any atom is -0.391 e. The van der Waals surface area contributed by atoms with Crippen LogP contribution in [0.25, 0.3) is 0 Å². The van der Waals surface area contributed by atoms with Crippen LogP contribution in [0.4, 0.5) is 4.39 Å². The molecule has 3 aromatic rings. The molecule has 0 aliphatic carbocycles. The molecule has 1 aromatic heterocycles. The van der Waals surface area contributed by atoms with Crippen LogP contribution in [0, 0.1) is 31.0 Å². The van der Waals surface area contributed by atoms with E-state index in [0.717, 1.165) is 5.56 Å². The largest absolute Gasteiger partial charge is 0.434 e. The van der Waals surface area contributed by atoms with Crippen molar-refractivity contribution in [2.75, 3.05) is 0 Å². The summed E-state index contributed by atoms with van der Waals surface area (Å²) in [6.07, 6.45) is 0. The Balaban J connectivity index is 2.07. The molecule has 1 heterocycles. The first-order valence-corrected chi connectivity index (χ1v) is 10.5. The number of aromatic amines is 1. The highest BCUT2D eigenvalue weighted by atomic mass is 32.2. The monoisotopic (exact) mass is 430 g/mol. The number of nitriles is 1. The lowest BCUT2D eigenvalue weighted by Gasteiger charge is -2.25. The van der Waals surface area contributed by atoms with Crippen LogP contribution in [0.15, 0.2) is 50.5 Å². The molecule has 0 bridgehead atoms. The van der Waals surface area contributed by atoms with E-state index in [1.807, 2.05) is 13.0 Å². The third-order valence-electron chi connectivity index (χ3n) is 4.98. The van der Waals surface area contributed by atoms with Gasteiger partial charge in [-0.25, -0.2) is 22.7 Å². The topological polar surface area (TPSA) is 129 Å². The highest BCUT2D eigenvalue weighted by Crippen LogP contribution is 2.35. The number of aromatic nitrogens is 2. The number of hydrogen-bond donors (Lipinski definition) is 2. The molecule has 0 aliphatic rings. The maximum absolute atomic E-state index is 14.7. The van der Waals surface area contributed by atoms with E-state index >= 15 is 0 Å². The Bertz CT molecular complexity index is 1270. The molecule has 0 amide bonds. The van der Waals surface area contributed by atoms with Gasteiger partial charge in [-0.3, -0.25) is 0 Å². The molecule has 2 atom stereocenters. The fourth-order valence-corrected chi connectivity index (χ4v) is 4.48. The summed E-state index contributed by atoms with van der Waals surface area (Å²) in [5, 5.41) is 14.7. The Kier molecular flexibility index (Phi) is 5.87. The van der Waals surface area contributed by atoms with Gasteiger partial charge in [0.15, 0.2) is 0 Å². The molecule has 0 saturated heterocycles. The predicted octanol–water partition coefficient (Wildman–Crippen LogP) is 2.81. The first-order chi connectivity index (χ1) is 14.1. The molecule has 2 aromatic carbocycles. The third kappa shape index (κ3) is 4.17. The summed E-state index contributed by atoms with van der Waals surface area (Å²) in [6.45, 7) is 5.16. The van der Waals surface area contributed by atoms with Gasteiger partial charge in [0.25, 0.3) is 0 Å². The minimum atomic E-state index is -4.11. The van der Waals surface area contributed by atoms with Crippen molar-refractivity contribution < 1.29 is 17.2 Å². The van der Waals surface area contributed by atoms with E-state index in [1.165, 1.54) is 30.3 Å². The lowest BCUT2D eigenvalue weighted by Crippen LogP contribution is -2.33. The summed E-state index contributed by atoms with van der Waals surface area (Å²) < 4.78 is 48.0. The second-order valence-corrected chi connectivity index (χ2v) is 8.59. The standard InChI is InChI=1S/C20H19FN4O4S/c1-11-4-9-16(21)17(12(11)2)13(3)18(19-23-24-20(26)29-19)25-30(27,28)15-7-5-14(10-22)6-8-15/h4-9,13,18,25H,1-3H3,(H,24,26)/t13-,18+/m1/s1. The van der Waals surface area contributed by atoms with Crippen LogP contribution in [-0.4, -0.2) is 18.6 Å². The Hall–Kier alpha value is -3.29. The molecular formula is C20H19FN4O4S. The molecule has 0 saturated carbocycles.